The van der Waals surface area contributed by atoms with Gasteiger partial charge in [-0.2, -0.15) is 0 Å². The number of thioether (sulfide) groups is 1. The van der Waals surface area contributed by atoms with Crippen molar-refractivity contribution < 1.29 is 0 Å². The molecule has 1 saturated carbocycles. The second-order valence-corrected chi connectivity index (χ2v) is 6.49. The highest BCUT2D eigenvalue weighted by atomic mass is 32.2. The molecule has 2 rings (SSSR count). The molecule has 1 aromatic rings. The van der Waals surface area contributed by atoms with E-state index in [2.05, 4.69) is 56.2 Å². The van der Waals surface area contributed by atoms with Crippen molar-refractivity contribution in [2.45, 2.75) is 55.7 Å². The van der Waals surface area contributed by atoms with Crippen LogP contribution in [0.4, 0.5) is 0 Å². The van der Waals surface area contributed by atoms with Gasteiger partial charge in [0.25, 0.3) is 0 Å². The molecule has 1 nitrogen and oxygen atoms in total. The Hall–Kier alpha value is -0.470. The van der Waals surface area contributed by atoms with Crippen LogP contribution in [0.5, 0.6) is 0 Å². The first-order valence-corrected chi connectivity index (χ1v) is 7.48. The molecule has 0 atom stereocenters. The molecule has 0 radical (unpaired) electrons. The van der Waals surface area contributed by atoms with Gasteiger partial charge in [0, 0.05) is 16.2 Å². The Bertz CT molecular complexity index is 367. The van der Waals surface area contributed by atoms with Gasteiger partial charge in [-0.1, -0.05) is 17.7 Å². The van der Waals surface area contributed by atoms with Crippen LogP contribution < -0.4 is 5.32 Å². The van der Waals surface area contributed by atoms with E-state index in [4.69, 9.17) is 0 Å². The highest BCUT2D eigenvalue weighted by Gasteiger charge is 2.21. The summed E-state index contributed by atoms with van der Waals surface area (Å²) in [5.74, 6) is 0. The molecular formula is C15H23NS. The summed E-state index contributed by atoms with van der Waals surface area (Å²) in [7, 11) is 2.09. The van der Waals surface area contributed by atoms with Gasteiger partial charge in [0.2, 0.25) is 0 Å². The number of benzene rings is 1. The molecule has 0 aliphatic heterocycles. The Kier molecular flexibility index (Phi) is 4.52. The van der Waals surface area contributed by atoms with E-state index in [0.717, 1.165) is 11.3 Å². The third-order valence-electron chi connectivity index (χ3n) is 3.71. The molecule has 0 aromatic heterocycles. The number of rotatable bonds is 3. The molecule has 1 N–H and O–H groups in total. The largest absolute Gasteiger partial charge is 0.317 e. The van der Waals surface area contributed by atoms with E-state index in [1.165, 1.54) is 41.7 Å². The Labute approximate surface area is 109 Å². The lowest BCUT2D eigenvalue weighted by atomic mass is 9.95. The van der Waals surface area contributed by atoms with Crippen molar-refractivity contribution in [1.29, 1.82) is 0 Å². The van der Waals surface area contributed by atoms with Crippen LogP contribution in [-0.4, -0.2) is 18.3 Å². The fraction of sp³-hybridized carbons (Fsp3) is 0.600. The van der Waals surface area contributed by atoms with Gasteiger partial charge in [0.1, 0.15) is 0 Å². The molecule has 1 fully saturated rings. The third-order valence-corrected chi connectivity index (χ3v) is 5.22. The molecule has 0 unspecified atom stereocenters. The maximum absolute atomic E-state index is 3.40. The van der Waals surface area contributed by atoms with Gasteiger partial charge >= 0.3 is 0 Å². The Balaban J connectivity index is 1.93. The molecule has 1 aliphatic carbocycles. The van der Waals surface area contributed by atoms with Crippen molar-refractivity contribution in [2.75, 3.05) is 7.05 Å². The standard InChI is InChI=1S/C15H23NS/c1-11-4-9-15(12(2)10-11)17-14-7-5-13(16-3)6-8-14/h4,9-10,13-14,16H,5-8H2,1-3H3. The summed E-state index contributed by atoms with van der Waals surface area (Å²) < 4.78 is 0. The van der Waals surface area contributed by atoms with Crippen molar-refractivity contribution in [3.8, 4) is 0 Å². The molecule has 0 saturated heterocycles. The Morgan fingerprint density at radius 1 is 1.12 bits per heavy atom. The average Bonchev–Trinajstić information content (AvgIpc) is 2.34. The fourth-order valence-electron chi connectivity index (χ4n) is 2.58. The summed E-state index contributed by atoms with van der Waals surface area (Å²) in [4.78, 5) is 1.48. The van der Waals surface area contributed by atoms with Gasteiger partial charge in [0.05, 0.1) is 0 Å². The lowest BCUT2D eigenvalue weighted by Gasteiger charge is -2.28. The molecule has 0 amide bonds. The zero-order valence-corrected chi connectivity index (χ0v) is 11.9. The number of hydrogen-bond acceptors (Lipinski definition) is 2. The molecule has 1 aromatic carbocycles. The van der Waals surface area contributed by atoms with E-state index in [0.29, 0.717) is 0 Å². The maximum atomic E-state index is 3.40. The topological polar surface area (TPSA) is 12.0 Å². The average molecular weight is 249 g/mol. The van der Waals surface area contributed by atoms with Crippen molar-refractivity contribution >= 4 is 11.8 Å². The van der Waals surface area contributed by atoms with Gasteiger partial charge < -0.3 is 5.32 Å². The third kappa shape index (κ3) is 3.49. The molecular weight excluding hydrogens is 226 g/mol. The van der Waals surface area contributed by atoms with Crippen LogP contribution in [0.15, 0.2) is 23.1 Å². The zero-order chi connectivity index (χ0) is 12.3. The van der Waals surface area contributed by atoms with E-state index in [1.807, 2.05) is 0 Å². The maximum Gasteiger partial charge on any atom is 0.0104 e. The summed E-state index contributed by atoms with van der Waals surface area (Å²) in [6.45, 7) is 4.40. The molecule has 94 valence electrons. The number of aryl methyl sites for hydroxylation is 2. The number of nitrogens with one attached hydrogen (secondary N) is 1. The predicted molar refractivity (Wildman–Crippen MR) is 76.9 cm³/mol. The van der Waals surface area contributed by atoms with Gasteiger partial charge in [-0.05, 0) is 58.2 Å². The van der Waals surface area contributed by atoms with Crippen LogP contribution in [0.25, 0.3) is 0 Å². The highest BCUT2D eigenvalue weighted by Crippen LogP contribution is 2.35. The molecule has 0 bridgehead atoms. The minimum Gasteiger partial charge on any atom is -0.317 e. The van der Waals surface area contributed by atoms with Crippen molar-refractivity contribution in [1.82, 2.24) is 5.32 Å². The van der Waals surface area contributed by atoms with Crippen LogP contribution in [0.2, 0.25) is 0 Å². The zero-order valence-electron chi connectivity index (χ0n) is 11.1. The molecule has 0 heterocycles. The van der Waals surface area contributed by atoms with Crippen LogP contribution in [-0.2, 0) is 0 Å². The Morgan fingerprint density at radius 2 is 1.82 bits per heavy atom. The summed E-state index contributed by atoms with van der Waals surface area (Å²) in [6, 6.07) is 7.57. The first-order chi connectivity index (χ1) is 8.19. The van der Waals surface area contributed by atoms with Gasteiger partial charge in [-0.25, -0.2) is 0 Å². The second kappa shape index (κ2) is 5.92. The molecule has 17 heavy (non-hydrogen) atoms. The second-order valence-electron chi connectivity index (χ2n) is 5.15. The van der Waals surface area contributed by atoms with E-state index < -0.39 is 0 Å². The van der Waals surface area contributed by atoms with Crippen LogP contribution >= 0.6 is 11.8 Å². The highest BCUT2D eigenvalue weighted by molar-refractivity contribution is 8.00. The normalized spacial score (nSPS) is 24.9. The van der Waals surface area contributed by atoms with Crippen LogP contribution in [0.1, 0.15) is 36.8 Å². The van der Waals surface area contributed by atoms with Crippen molar-refractivity contribution in [3.63, 3.8) is 0 Å². The van der Waals surface area contributed by atoms with E-state index in [9.17, 15) is 0 Å². The summed E-state index contributed by atoms with van der Waals surface area (Å²) >= 11 is 2.08. The fourth-order valence-corrected chi connectivity index (χ4v) is 3.84. The monoisotopic (exact) mass is 249 g/mol. The lowest BCUT2D eigenvalue weighted by Crippen LogP contribution is -2.30. The predicted octanol–water partition coefficient (Wildman–Crippen LogP) is 3.93. The SMILES string of the molecule is CNC1CCC(Sc2ccc(C)cc2C)CC1. The van der Waals surface area contributed by atoms with Crippen LogP contribution in [0, 0.1) is 13.8 Å². The minimum atomic E-state index is 0.756. The first-order valence-electron chi connectivity index (χ1n) is 6.60. The van der Waals surface area contributed by atoms with E-state index in [1.54, 1.807) is 0 Å². The summed E-state index contributed by atoms with van der Waals surface area (Å²) in [5.41, 5.74) is 2.80. The smallest absolute Gasteiger partial charge is 0.0104 e. The first kappa shape index (κ1) is 13.0. The number of hydrogen-bond donors (Lipinski definition) is 1. The van der Waals surface area contributed by atoms with Crippen molar-refractivity contribution in [3.05, 3.63) is 29.3 Å². The molecule has 0 spiro atoms. The van der Waals surface area contributed by atoms with Crippen LogP contribution in [0.3, 0.4) is 0 Å². The molecule has 2 heteroatoms. The van der Waals surface area contributed by atoms with Gasteiger partial charge in [-0.15, -0.1) is 11.8 Å². The lowest BCUT2D eigenvalue weighted by molar-refractivity contribution is 0.401. The van der Waals surface area contributed by atoms with Gasteiger partial charge in [0.15, 0.2) is 0 Å². The van der Waals surface area contributed by atoms with Crippen molar-refractivity contribution in [2.24, 2.45) is 0 Å². The summed E-state index contributed by atoms with van der Waals surface area (Å²) in [6.07, 6.45) is 5.37. The Morgan fingerprint density at radius 3 is 2.41 bits per heavy atom. The minimum absolute atomic E-state index is 0.756. The summed E-state index contributed by atoms with van der Waals surface area (Å²) in [5, 5.41) is 4.22. The van der Waals surface area contributed by atoms with E-state index in [-0.39, 0.29) is 0 Å². The molecule has 1 aliphatic rings. The van der Waals surface area contributed by atoms with E-state index >= 15 is 0 Å². The quantitative estimate of drug-likeness (QED) is 0.871. The van der Waals surface area contributed by atoms with Gasteiger partial charge in [-0.3, -0.25) is 0 Å².